The summed E-state index contributed by atoms with van der Waals surface area (Å²) in [7, 11) is 1.82. The first-order valence-electron chi connectivity index (χ1n) is 9.62. The Kier molecular flexibility index (Phi) is 4.65. The summed E-state index contributed by atoms with van der Waals surface area (Å²) in [6.07, 6.45) is 5.67. The molecule has 1 N–H and O–H groups in total. The molecule has 0 saturated heterocycles. The van der Waals surface area contributed by atoms with Gasteiger partial charge in [-0.2, -0.15) is 0 Å². The summed E-state index contributed by atoms with van der Waals surface area (Å²) in [6.45, 7) is 4.28. The van der Waals surface area contributed by atoms with Gasteiger partial charge >= 0.3 is 0 Å². The Morgan fingerprint density at radius 3 is 2.70 bits per heavy atom. The van der Waals surface area contributed by atoms with E-state index in [1.165, 1.54) is 11.1 Å². The Balaban J connectivity index is 1.67. The van der Waals surface area contributed by atoms with Crippen LogP contribution in [-0.2, 0) is 4.79 Å². The third-order valence-corrected chi connectivity index (χ3v) is 5.76. The van der Waals surface area contributed by atoms with Crippen molar-refractivity contribution in [2.24, 2.45) is 5.92 Å². The van der Waals surface area contributed by atoms with E-state index in [0.29, 0.717) is 18.4 Å². The third kappa shape index (κ3) is 3.20. The van der Waals surface area contributed by atoms with E-state index in [-0.39, 0.29) is 11.9 Å². The fourth-order valence-corrected chi connectivity index (χ4v) is 4.24. The Hall–Kier alpha value is -2.75. The van der Waals surface area contributed by atoms with E-state index in [9.17, 15) is 4.79 Å². The number of fused-ring (bicyclic) bond motifs is 3. The zero-order valence-corrected chi connectivity index (χ0v) is 16.1. The number of nitrogens with one attached hydrogen (secondary N) is 1. The van der Waals surface area contributed by atoms with Crippen LogP contribution in [0.3, 0.4) is 0 Å². The third-order valence-electron chi connectivity index (χ3n) is 5.76. The molecule has 4 heteroatoms. The number of amides is 1. The first-order valence-corrected chi connectivity index (χ1v) is 9.62. The number of allylic oxidation sites excluding steroid dienone is 2. The van der Waals surface area contributed by atoms with Gasteiger partial charge in [0, 0.05) is 31.3 Å². The first-order chi connectivity index (χ1) is 13.1. The second-order valence-electron chi connectivity index (χ2n) is 7.33. The van der Waals surface area contributed by atoms with Gasteiger partial charge in [0.1, 0.15) is 5.75 Å². The maximum Gasteiger partial charge on any atom is 0.223 e. The number of ether oxygens (including phenoxy) is 1. The van der Waals surface area contributed by atoms with Crippen molar-refractivity contribution in [1.82, 2.24) is 0 Å². The zero-order valence-electron chi connectivity index (χ0n) is 16.1. The highest BCUT2D eigenvalue weighted by atomic mass is 16.5. The number of nitrogens with zero attached hydrogens (tertiary/aromatic N) is 1. The molecule has 140 valence electrons. The van der Waals surface area contributed by atoms with Crippen LogP contribution in [0.2, 0.25) is 0 Å². The van der Waals surface area contributed by atoms with Crippen molar-refractivity contribution < 1.29 is 9.53 Å². The highest BCUT2D eigenvalue weighted by Gasteiger charge is 2.38. The predicted octanol–water partition coefficient (Wildman–Crippen LogP) is 4.89. The lowest BCUT2D eigenvalue weighted by Crippen LogP contribution is -2.29. The van der Waals surface area contributed by atoms with Crippen molar-refractivity contribution >= 4 is 17.3 Å². The molecular weight excluding hydrogens is 336 g/mol. The Morgan fingerprint density at radius 1 is 1.22 bits per heavy atom. The average molecular weight is 362 g/mol. The van der Waals surface area contributed by atoms with Crippen LogP contribution in [0.25, 0.3) is 0 Å². The molecule has 1 amide bonds. The van der Waals surface area contributed by atoms with E-state index in [1.807, 2.05) is 20.0 Å². The molecule has 1 aliphatic heterocycles. The first kappa shape index (κ1) is 17.7. The van der Waals surface area contributed by atoms with Gasteiger partial charge in [0.25, 0.3) is 0 Å². The molecule has 1 heterocycles. The van der Waals surface area contributed by atoms with Crippen LogP contribution >= 0.6 is 0 Å². The highest BCUT2D eigenvalue weighted by Crippen LogP contribution is 2.50. The maximum absolute atomic E-state index is 11.7. The van der Waals surface area contributed by atoms with Crippen molar-refractivity contribution in [3.05, 3.63) is 65.7 Å². The van der Waals surface area contributed by atoms with Gasteiger partial charge in [0.05, 0.1) is 12.6 Å². The molecule has 0 fully saturated rings. The van der Waals surface area contributed by atoms with Crippen molar-refractivity contribution in [2.45, 2.75) is 32.2 Å². The monoisotopic (exact) mass is 362 g/mol. The normalized spacial score (nSPS) is 22.6. The van der Waals surface area contributed by atoms with Crippen LogP contribution in [0.5, 0.6) is 5.75 Å². The zero-order chi connectivity index (χ0) is 19.0. The number of benzene rings is 2. The van der Waals surface area contributed by atoms with E-state index in [0.717, 1.165) is 23.5 Å². The molecular formula is C23H26N2O2. The number of hydrogen-bond acceptors (Lipinski definition) is 3. The predicted molar refractivity (Wildman–Crippen MR) is 109 cm³/mol. The number of hydrogen-bond donors (Lipinski definition) is 1. The average Bonchev–Trinajstić information content (AvgIpc) is 3.17. The van der Waals surface area contributed by atoms with Gasteiger partial charge in [0.2, 0.25) is 5.91 Å². The summed E-state index contributed by atoms with van der Waals surface area (Å²) in [6, 6.07) is 15.0. The molecule has 2 aliphatic rings. The second kappa shape index (κ2) is 7.10. The molecule has 0 aromatic heterocycles. The number of carbonyl (C=O) groups is 1. The summed E-state index contributed by atoms with van der Waals surface area (Å²) in [5.74, 6) is 1.81. The van der Waals surface area contributed by atoms with E-state index in [2.05, 4.69) is 53.9 Å². The van der Waals surface area contributed by atoms with Crippen LogP contribution in [0.1, 0.15) is 43.4 Å². The standard InChI is InChI=1S/C23H26N2O2/c1-4-27-18-11-8-16(9-12-18)23-20-7-5-6-19(20)21-14-17(25(3)15(2)26)10-13-22(21)24-23/h5-6,8-14,19-20,23-24H,4,7H2,1-3H3. The summed E-state index contributed by atoms with van der Waals surface area (Å²) in [4.78, 5) is 13.4. The maximum atomic E-state index is 11.7. The summed E-state index contributed by atoms with van der Waals surface area (Å²) < 4.78 is 5.58. The Labute approximate surface area is 160 Å². The lowest BCUT2D eigenvalue weighted by Gasteiger charge is -2.38. The van der Waals surface area contributed by atoms with Gasteiger partial charge in [-0.05, 0) is 60.7 Å². The number of rotatable bonds is 4. The molecule has 0 saturated carbocycles. The van der Waals surface area contributed by atoms with Crippen molar-refractivity contribution in [3.63, 3.8) is 0 Å². The van der Waals surface area contributed by atoms with Gasteiger partial charge in [0.15, 0.2) is 0 Å². The molecule has 4 rings (SSSR count). The molecule has 27 heavy (non-hydrogen) atoms. The lowest BCUT2D eigenvalue weighted by atomic mass is 9.77. The van der Waals surface area contributed by atoms with E-state index < -0.39 is 0 Å². The van der Waals surface area contributed by atoms with Crippen molar-refractivity contribution in [1.29, 1.82) is 0 Å². The summed E-state index contributed by atoms with van der Waals surface area (Å²) in [5, 5.41) is 3.75. The molecule has 0 bridgehead atoms. The van der Waals surface area contributed by atoms with E-state index >= 15 is 0 Å². The smallest absolute Gasteiger partial charge is 0.223 e. The van der Waals surface area contributed by atoms with Gasteiger partial charge in [-0.1, -0.05) is 24.3 Å². The van der Waals surface area contributed by atoms with Gasteiger partial charge in [-0.3, -0.25) is 4.79 Å². The van der Waals surface area contributed by atoms with Crippen LogP contribution in [0.15, 0.2) is 54.6 Å². The summed E-state index contributed by atoms with van der Waals surface area (Å²) in [5.41, 5.74) is 4.67. The van der Waals surface area contributed by atoms with Crippen molar-refractivity contribution in [2.75, 3.05) is 23.9 Å². The van der Waals surface area contributed by atoms with Crippen LogP contribution in [0.4, 0.5) is 11.4 Å². The number of anilines is 2. The molecule has 0 spiro atoms. The highest BCUT2D eigenvalue weighted by molar-refractivity contribution is 5.91. The van der Waals surface area contributed by atoms with E-state index in [1.54, 1.807) is 11.8 Å². The second-order valence-corrected chi connectivity index (χ2v) is 7.33. The summed E-state index contributed by atoms with van der Waals surface area (Å²) >= 11 is 0. The SMILES string of the molecule is CCOc1ccc(C2Nc3ccc(N(C)C(C)=O)cc3C3C=CCC32)cc1. The molecule has 2 aromatic rings. The molecule has 3 unspecified atom stereocenters. The molecule has 3 atom stereocenters. The van der Waals surface area contributed by atoms with Crippen LogP contribution in [0, 0.1) is 5.92 Å². The molecule has 0 radical (unpaired) electrons. The van der Waals surface area contributed by atoms with Crippen LogP contribution < -0.4 is 15.0 Å². The fourth-order valence-electron chi connectivity index (χ4n) is 4.24. The lowest BCUT2D eigenvalue weighted by molar-refractivity contribution is -0.116. The minimum Gasteiger partial charge on any atom is -0.494 e. The fraction of sp³-hybridized carbons (Fsp3) is 0.348. The quantitative estimate of drug-likeness (QED) is 0.787. The van der Waals surface area contributed by atoms with Crippen LogP contribution in [-0.4, -0.2) is 19.6 Å². The van der Waals surface area contributed by atoms with Gasteiger partial charge in [-0.25, -0.2) is 0 Å². The number of carbonyl (C=O) groups excluding carboxylic acids is 1. The minimum absolute atomic E-state index is 0.0458. The van der Waals surface area contributed by atoms with E-state index in [4.69, 9.17) is 4.74 Å². The Bertz CT molecular complexity index is 872. The molecule has 1 aliphatic carbocycles. The van der Waals surface area contributed by atoms with Gasteiger partial charge in [-0.15, -0.1) is 0 Å². The molecule has 4 nitrogen and oxygen atoms in total. The minimum atomic E-state index is 0.0458. The largest absolute Gasteiger partial charge is 0.494 e. The molecule has 2 aromatic carbocycles. The van der Waals surface area contributed by atoms with Crippen molar-refractivity contribution in [3.8, 4) is 5.75 Å². The Morgan fingerprint density at radius 2 is 2.00 bits per heavy atom. The topological polar surface area (TPSA) is 41.6 Å². The van der Waals surface area contributed by atoms with Gasteiger partial charge < -0.3 is 15.0 Å².